The van der Waals surface area contributed by atoms with E-state index in [1.165, 1.54) is 11.3 Å². The molecule has 13 heavy (non-hydrogen) atoms. The Kier molecular flexibility index (Phi) is 2.88. The van der Waals surface area contributed by atoms with Gasteiger partial charge >= 0.3 is 5.97 Å². The quantitative estimate of drug-likeness (QED) is 0.752. The Bertz CT molecular complexity index is 303. The Hall–Kier alpha value is -1.09. The summed E-state index contributed by atoms with van der Waals surface area (Å²) in [4.78, 5) is 11.9. The van der Waals surface area contributed by atoms with Gasteiger partial charge < -0.3 is 5.11 Å². The van der Waals surface area contributed by atoms with E-state index >= 15 is 0 Å². The predicted molar refractivity (Wildman–Crippen MR) is 54.1 cm³/mol. The Morgan fingerprint density at radius 2 is 2.54 bits per heavy atom. The van der Waals surface area contributed by atoms with Crippen molar-refractivity contribution in [1.82, 2.24) is 0 Å². The van der Waals surface area contributed by atoms with Gasteiger partial charge in [0, 0.05) is 4.88 Å². The van der Waals surface area contributed by atoms with Crippen molar-refractivity contribution in [2.24, 2.45) is 0 Å². The highest BCUT2D eigenvalue weighted by atomic mass is 32.1. The van der Waals surface area contributed by atoms with E-state index in [-0.39, 0.29) is 0 Å². The lowest BCUT2D eigenvalue weighted by molar-refractivity contribution is -0.142. The van der Waals surface area contributed by atoms with Crippen LogP contribution < -0.4 is 0 Å². The summed E-state index contributed by atoms with van der Waals surface area (Å²) in [5.41, 5.74) is -0.810. The fraction of sp³-hybridized carbons (Fsp3) is 0.300. The van der Waals surface area contributed by atoms with Gasteiger partial charge in [-0.3, -0.25) is 4.79 Å². The van der Waals surface area contributed by atoms with Crippen LogP contribution in [0.4, 0.5) is 0 Å². The molecule has 0 aliphatic heterocycles. The zero-order valence-corrected chi connectivity index (χ0v) is 8.30. The number of carboxylic acids is 1. The molecule has 0 radical (unpaired) electrons. The van der Waals surface area contributed by atoms with Crippen LogP contribution in [0.2, 0.25) is 0 Å². The van der Waals surface area contributed by atoms with Crippen LogP contribution in [0.1, 0.15) is 18.2 Å². The highest BCUT2D eigenvalue weighted by Crippen LogP contribution is 2.31. The molecule has 0 aromatic carbocycles. The third-order valence-electron chi connectivity index (χ3n) is 2.09. The topological polar surface area (TPSA) is 37.3 Å². The standard InChI is InChI=1S/C10H12O2S/c1-3-6-10(2,9(11)12)8-5-4-7-13-8/h3-5,7H,1,6H2,2H3,(H,11,12). The average molecular weight is 196 g/mol. The molecule has 0 bridgehead atoms. The number of allylic oxidation sites excluding steroid dienone is 1. The highest BCUT2D eigenvalue weighted by molar-refractivity contribution is 7.10. The molecule has 70 valence electrons. The van der Waals surface area contributed by atoms with Gasteiger partial charge in [-0.15, -0.1) is 17.9 Å². The fourth-order valence-electron chi connectivity index (χ4n) is 1.17. The first kappa shape index (κ1) is 9.99. The van der Waals surface area contributed by atoms with Crippen molar-refractivity contribution >= 4 is 17.3 Å². The van der Waals surface area contributed by atoms with Crippen molar-refractivity contribution in [2.75, 3.05) is 0 Å². The minimum atomic E-state index is -0.810. The molecule has 1 rings (SSSR count). The number of rotatable bonds is 4. The van der Waals surface area contributed by atoms with Crippen molar-refractivity contribution in [3.8, 4) is 0 Å². The second kappa shape index (κ2) is 3.75. The molecule has 0 saturated heterocycles. The second-order valence-corrected chi connectivity index (χ2v) is 4.06. The van der Waals surface area contributed by atoms with Crippen LogP contribution >= 0.6 is 11.3 Å². The SMILES string of the molecule is C=CCC(C)(C(=O)O)c1cccs1. The first-order valence-electron chi connectivity index (χ1n) is 3.99. The summed E-state index contributed by atoms with van der Waals surface area (Å²) in [6.45, 7) is 5.30. The predicted octanol–water partition coefficient (Wildman–Crippen LogP) is 2.67. The lowest BCUT2D eigenvalue weighted by Gasteiger charge is -2.21. The molecule has 1 heterocycles. The number of aliphatic carboxylic acids is 1. The van der Waals surface area contributed by atoms with E-state index in [0.29, 0.717) is 6.42 Å². The molecule has 1 N–H and O–H groups in total. The Labute approximate surface area is 81.5 Å². The van der Waals surface area contributed by atoms with Crippen LogP contribution in [-0.2, 0) is 10.2 Å². The largest absolute Gasteiger partial charge is 0.481 e. The van der Waals surface area contributed by atoms with Gasteiger partial charge in [-0.25, -0.2) is 0 Å². The normalized spacial score (nSPS) is 14.8. The van der Waals surface area contributed by atoms with Gasteiger partial charge in [0.1, 0.15) is 5.41 Å². The van der Waals surface area contributed by atoms with Crippen LogP contribution in [0.5, 0.6) is 0 Å². The van der Waals surface area contributed by atoms with Crippen LogP contribution in [0.15, 0.2) is 30.2 Å². The monoisotopic (exact) mass is 196 g/mol. The van der Waals surface area contributed by atoms with E-state index in [1.807, 2.05) is 17.5 Å². The van der Waals surface area contributed by atoms with E-state index in [2.05, 4.69) is 6.58 Å². The molecule has 0 fully saturated rings. The third-order valence-corrected chi connectivity index (χ3v) is 3.22. The Morgan fingerprint density at radius 1 is 1.85 bits per heavy atom. The maximum absolute atomic E-state index is 11.1. The summed E-state index contributed by atoms with van der Waals surface area (Å²) in [7, 11) is 0. The molecule has 0 spiro atoms. The lowest BCUT2D eigenvalue weighted by Crippen LogP contribution is -2.30. The van der Waals surface area contributed by atoms with E-state index in [4.69, 9.17) is 5.11 Å². The number of thiophene rings is 1. The molecule has 1 aromatic rings. The Balaban J connectivity index is 3.05. The molecule has 1 aromatic heterocycles. The minimum Gasteiger partial charge on any atom is -0.481 e. The zero-order chi connectivity index (χ0) is 9.90. The summed E-state index contributed by atoms with van der Waals surface area (Å²) >= 11 is 1.47. The summed E-state index contributed by atoms with van der Waals surface area (Å²) in [6, 6.07) is 3.71. The summed E-state index contributed by atoms with van der Waals surface area (Å²) in [5.74, 6) is -0.796. The van der Waals surface area contributed by atoms with Gasteiger partial charge in [0.25, 0.3) is 0 Å². The van der Waals surface area contributed by atoms with Crippen LogP contribution in [0.3, 0.4) is 0 Å². The van der Waals surface area contributed by atoms with Crippen molar-refractivity contribution < 1.29 is 9.90 Å². The van der Waals surface area contributed by atoms with Crippen molar-refractivity contribution in [1.29, 1.82) is 0 Å². The second-order valence-electron chi connectivity index (χ2n) is 3.11. The summed E-state index contributed by atoms with van der Waals surface area (Å²) in [6.07, 6.45) is 2.11. The molecule has 1 unspecified atom stereocenters. The van der Waals surface area contributed by atoms with Gasteiger partial charge in [0.15, 0.2) is 0 Å². The molecule has 0 aliphatic rings. The van der Waals surface area contributed by atoms with Gasteiger partial charge in [0.05, 0.1) is 0 Å². The molecular formula is C10H12O2S. The summed E-state index contributed by atoms with van der Waals surface area (Å²) < 4.78 is 0. The molecule has 3 heteroatoms. The van der Waals surface area contributed by atoms with E-state index in [0.717, 1.165) is 4.88 Å². The number of hydrogen-bond donors (Lipinski definition) is 1. The van der Waals surface area contributed by atoms with Crippen molar-refractivity contribution in [3.05, 3.63) is 35.0 Å². The number of hydrogen-bond acceptors (Lipinski definition) is 2. The van der Waals surface area contributed by atoms with Gasteiger partial charge in [0.2, 0.25) is 0 Å². The number of carbonyl (C=O) groups is 1. The fourth-order valence-corrected chi connectivity index (χ4v) is 2.07. The van der Waals surface area contributed by atoms with E-state index in [9.17, 15) is 4.79 Å². The Morgan fingerprint density at radius 3 is 2.92 bits per heavy atom. The van der Waals surface area contributed by atoms with Gasteiger partial charge in [-0.2, -0.15) is 0 Å². The third kappa shape index (κ3) is 1.80. The first-order chi connectivity index (χ1) is 6.11. The van der Waals surface area contributed by atoms with Crippen molar-refractivity contribution in [2.45, 2.75) is 18.8 Å². The minimum absolute atomic E-state index is 0.461. The smallest absolute Gasteiger partial charge is 0.314 e. The molecular weight excluding hydrogens is 184 g/mol. The maximum atomic E-state index is 11.1. The maximum Gasteiger partial charge on any atom is 0.314 e. The van der Waals surface area contributed by atoms with E-state index < -0.39 is 11.4 Å². The summed E-state index contributed by atoms with van der Waals surface area (Å²) in [5, 5.41) is 11.0. The number of carboxylic acid groups (broad SMARTS) is 1. The molecule has 2 nitrogen and oxygen atoms in total. The van der Waals surface area contributed by atoms with Crippen LogP contribution in [-0.4, -0.2) is 11.1 Å². The van der Waals surface area contributed by atoms with E-state index in [1.54, 1.807) is 13.0 Å². The van der Waals surface area contributed by atoms with Crippen LogP contribution in [0, 0.1) is 0 Å². The van der Waals surface area contributed by atoms with Gasteiger partial charge in [-0.05, 0) is 24.8 Å². The molecule has 0 amide bonds. The first-order valence-corrected chi connectivity index (χ1v) is 4.87. The van der Waals surface area contributed by atoms with Crippen molar-refractivity contribution in [3.63, 3.8) is 0 Å². The zero-order valence-electron chi connectivity index (χ0n) is 7.49. The lowest BCUT2D eigenvalue weighted by atomic mass is 9.85. The molecule has 0 aliphatic carbocycles. The van der Waals surface area contributed by atoms with Gasteiger partial charge in [-0.1, -0.05) is 12.1 Å². The van der Waals surface area contributed by atoms with Crippen LogP contribution in [0.25, 0.3) is 0 Å². The highest BCUT2D eigenvalue weighted by Gasteiger charge is 2.34. The average Bonchev–Trinajstić information content (AvgIpc) is 2.56. The molecule has 1 atom stereocenters. The molecule has 0 saturated carbocycles.